The number of rotatable bonds is 9. The van der Waals surface area contributed by atoms with E-state index in [1.165, 1.54) is 11.3 Å². The van der Waals surface area contributed by atoms with Crippen LogP contribution in [-0.2, 0) is 10.5 Å². The maximum atomic E-state index is 14.4. The molecule has 1 saturated carbocycles. The summed E-state index contributed by atoms with van der Waals surface area (Å²) in [6.07, 6.45) is 3.07. The summed E-state index contributed by atoms with van der Waals surface area (Å²) < 4.78 is 20.4. The molecule has 2 atom stereocenters. The highest BCUT2D eigenvalue weighted by Crippen LogP contribution is 2.58. The first-order valence-corrected chi connectivity index (χ1v) is 15.9. The summed E-state index contributed by atoms with van der Waals surface area (Å²) in [6, 6.07) is 4.88. The first kappa shape index (κ1) is 27.0. The van der Waals surface area contributed by atoms with Crippen LogP contribution in [0.2, 0.25) is 0 Å². The Labute approximate surface area is 246 Å². The molecule has 1 aliphatic carbocycles. The van der Waals surface area contributed by atoms with Crippen LogP contribution in [0.4, 0.5) is 21.3 Å². The molecule has 3 saturated heterocycles. The smallest absolute Gasteiger partial charge is 0.323 e. The van der Waals surface area contributed by atoms with E-state index in [0.717, 1.165) is 48.4 Å². The molecule has 0 radical (unpaired) electrons. The van der Waals surface area contributed by atoms with Gasteiger partial charge in [0.1, 0.15) is 23.8 Å². The van der Waals surface area contributed by atoms with E-state index in [2.05, 4.69) is 26.9 Å². The van der Waals surface area contributed by atoms with E-state index < -0.39 is 11.6 Å². The van der Waals surface area contributed by atoms with E-state index in [-0.39, 0.29) is 29.4 Å². The second-order valence-electron chi connectivity index (χ2n) is 12.0. The van der Waals surface area contributed by atoms with E-state index in [0.29, 0.717) is 61.7 Å². The Kier molecular flexibility index (Phi) is 6.47. The van der Waals surface area contributed by atoms with E-state index in [1.54, 1.807) is 0 Å². The number of nitrogen functional groups attached to an aromatic ring is 1. The number of thioether (sulfide) groups is 1. The number of nitriles is 2. The van der Waals surface area contributed by atoms with Crippen molar-refractivity contribution in [3.05, 3.63) is 16.0 Å². The largest absolute Gasteiger partial charge is 0.461 e. The molecule has 216 valence electrons. The van der Waals surface area contributed by atoms with Crippen molar-refractivity contribution in [2.24, 2.45) is 5.41 Å². The molecule has 14 heteroatoms. The quantitative estimate of drug-likeness (QED) is 0.437. The zero-order valence-electron chi connectivity index (χ0n) is 22.7. The van der Waals surface area contributed by atoms with Gasteiger partial charge >= 0.3 is 6.01 Å². The zero-order chi connectivity index (χ0) is 28.4. The number of aliphatic hydroxyl groups excluding tert-OH is 1. The van der Waals surface area contributed by atoms with Crippen molar-refractivity contribution < 1.29 is 14.2 Å². The Hall–Kier alpha value is -2.91. The lowest BCUT2D eigenvalue weighted by molar-refractivity contribution is 0.107. The molecule has 7 rings (SSSR count). The fourth-order valence-corrected chi connectivity index (χ4v) is 9.76. The predicted molar refractivity (Wildman–Crippen MR) is 154 cm³/mol. The summed E-state index contributed by atoms with van der Waals surface area (Å²) in [7, 11) is 0. The highest BCUT2D eigenvalue weighted by atomic mass is 32.2. The van der Waals surface area contributed by atoms with Crippen LogP contribution in [0.25, 0.3) is 0 Å². The number of nitrogens with zero attached hydrogens (tertiary/aromatic N) is 8. The summed E-state index contributed by atoms with van der Waals surface area (Å²) in [4.78, 5) is 21.4. The number of hydrogen-bond donors (Lipinski definition) is 2. The van der Waals surface area contributed by atoms with Gasteiger partial charge in [0.2, 0.25) is 11.9 Å². The number of anilines is 3. The van der Waals surface area contributed by atoms with Crippen LogP contribution < -0.4 is 20.3 Å². The highest BCUT2D eigenvalue weighted by molar-refractivity contribution is 8.00. The van der Waals surface area contributed by atoms with Gasteiger partial charge in [-0.3, -0.25) is 4.90 Å². The molecule has 2 aromatic rings. The molecule has 11 nitrogen and oxygen atoms in total. The average molecular weight is 598 g/mol. The number of aliphatic hydroxyl groups is 1. The van der Waals surface area contributed by atoms with Gasteiger partial charge in [-0.25, -0.2) is 4.39 Å². The van der Waals surface area contributed by atoms with Crippen molar-refractivity contribution in [1.29, 1.82) is 10.5 Å². The average Bonchev–Trinajstić information content (AvgIpc) is 3.15. The minimum Gasteiger partial charge on any atom is -0.461 e. The van der Waals surface area contributed by atoms with Crippen LogP contribution in [0.5, 0.6) is 6.01 Å². The summed E-state index contributed by atoms with van der Waals surface area (Å²) in [6.45, 7) is 3.39. The highest BCUT2D eigenvalue weighted by Gasteiger charge is 2.54. The topological polar surface area (TPSA) is 151 Å². The molecule has 41 heavy (non-hydrogen) atoms. The van der Waals surface area contributed by atoms with E-state index in [1.807, 2.05) is 16.7 Å². The molecule has 3 N–H and O–H groups in total. The monoisotopic (exact) mass is 597 g/mol. The van der Waals surface area contributed by atoms with Crippen LogP contribution in [0.15, 0.2) is 0 Å². The third-order valence-electron chi connectivity index (χ3n) is 9.29. The molecule has 0 bridgehead atoms. The first-order chi connectivity index (χ1) is 19.8. The normalized spacial score (nSPS) is 26.7. The van der Waals surface area contributed by atoms with Crippen LogP contribution in [0.3, 0.4) is 0 Å². The molecule has 5 aliphatic rings. The minimum absolute atomic E-state index is 0.114. The van der Waals surface area contributed by atoms with Gasteiger partial charge in [-0.1, -0.05) is 0 Å². The van der Waals surface area contributed by atoms with E-state index in [9.17, 15) is 20.0 Å². The van der Waals surface area contributed by atoms with Crippen molar-refractivity contribution in [1.82, 2.24) is 19.9 Å². The molecule has 0 aromatic carbocycles. The number of thiophene rings is 1. The third-order valence-corrected chi connectivity index (χ3v) is 11.9. The summed E-state index contributed by atoms with van der Waals surface area (Å²) in [5.41, 5.74) is 6.97. The van der Waals surface area contributed by atoms with E-state index in [4.69, 9.17) is 20.4 Å². The molecule has 1 spiro atoms. The Morgan fingerprint density at radius 2 is 2.05 bits per heavy atom. The van der Waals surface area contributed by atoms with Crippen molar-refractivity contribution in [3.63, 3.8) is 0 Å². The van der Waals surface area contributed by atoms with Gasteiger partial charge in [0.15, 0.2) is 0 Å². The number of ether oxygens (including phenoxy) is 1. The Morgan fingerprint density at radius 3 is 2.78 bits per heavy atom. The summed E-state index contributed by atoms with van der Waals surface area (Å²) in [5, 5.41) is 29.9. The summed E-state index contributed by atoms with van der Waals surface area (Å²) in [5.74, 6) is 1.63. The van der Waals surface area contributed by atoms with Crippen molar-refractivity contribution >= 4 is 40.0 Å². The fraction of sp³-hybridized carbons (Fsp3) is 0.667. The lowest BCUT2D eigenvalue weighted by Gasteiger charge is -2.47. The second kappa shape index (κ2) is 9.83. The number of nitrogens with two attached hydrogens (primary N) is 1. The number of alkyl halides is 1. The third kappa shape index (κ3) is 4.47. The van der Waals surface area contributed by atoms with Crippen LogP contribution in [-0.4, -0.2) is 89.2 Å². The van der Waals surface area contributed by atoms with Crippen molar-refractivity contribution in [2.75, 3.05) is 68.0 Å². The van der Waals surface area contributed by atoms with Gasteiger partial charge in [0, 0.05) is 55.3 Å². The molecular formula is C27H32FN9O2S2. The van der Waals surface area contributed by atoms with Gasteiger partial charge in [0.05, 0.1) is 33.9 Å². The Bertz CT molecular complexity index is 1450. The number of fused-ring (bicyclic) bond motifs is 3. The Morgan fingerprint density at radius 1 is 1.22 bits per heavy atom. The van der Waals surface area contributed by atoms with Gasteiger partial charge in [-0.2, -0.15) is 25.5 Å². The molecule has 0 unspecified atom stereocenters. The molecule has 4 fully saturated rings. The maximum Gasteiger partial charge on any atom is 0.323 e. The maximum absolute atomic E-state index is 14.4. The number of aromatic nitrogens is 3. The minimum atomic E-state index is -0.861. The molecule has 6 heterocycles. The standard InChI is InChI=1S/C27H32FN9O2S2/c28-17-8-26(2-1-5-37(26)10-17)16-39-24-33-22(35(6-7-38)13-25(12-30)3-4-25)32-23(34-24)36-14-27(15-36)20-18(9-29)21(31)41-19(20)11-40-27/h17,38H,1-8,10-11,13-16,31H2/t17-,26+/m1/s1. The van der Waals surface area contributed by atoms with Gasteiger partial charge < -0.3 is 25.4 Å². The van der Waals surface area contributed by atoms with Gasteiger partial charge in [-0.05, 0) is 32.2 Å². The fourth-order valence-electron chi connectivity index (χ4n) is 6.95. The molecule has 4 aliphatic heterocycles. The number of hydrogen-bond acceptors (Lipinski definition) is 13. The van der Waals surface area contributed by atoms with Crippen LogP contribution in [0.1, 0.15) is 48.1 Å². The predicted octanol–water partition coefficient (Wildman–Crippen LogP) is 2.41. The first-order valence-electron chi connectivity index (χ1n) is 14.1. The number of halogens is 1. The molecular weight excluding hydrogens is 565 g/mol. The van der Waals surface area contributed by atoms with Crippen molar-refractivity contribution in [3.8, 4) is 18.1 Å². The molecule has 0 amide bonds. The van der Waals surface area contributed by atoms with Gasteiger partial charge in [-0.15, -0.1) is 23.1 Å². The Balaban J connectivity index is 1.18. The second-order valence-corrected chi connectivity index (χ2v) is 14.5. The van der Waals surface area contributed by atoms with Crippen LogP contribution >= 0.6 is 23.1 Å². The SMILES string of the molecule is N#Cc1c(N)sc2c1C1(CN(c3nc(OC[C@@]45CCCN4C[C@H](F)C5)nc(N(CCO)CC4(C#N)CC4)n3)C1)SC2. The summed E-state index contributed by atoms with van der Waals surface area (Å²) >= 11 is 3.32. The van der Waals surface area contributed by atoms with Crippen molar-refractivity contribution in [2.45, 2.75) is 54.3 Å². The lowest BCUT2D eigenvalue weighted by atomic mass is 9.88. The van der Waals surface area contributed by atoms with E-state index >= 15 is 0 Å². The van der Waals surface area contributed by atoms with Crippen LogP contribution in [0, 0.1) is 28.1 Å². The zero-order valence-corrected chi connectivity index (χ0v) is 24.3. The lowest BCUT2D eigenvalue weighted by Crippen LogP contribution is -2.57. The molecule has 2 aromatic heterocycles. The van der Waals surface area contributed by atoms with Gasteiger partial charge in [0.25, 0.3) is 0 Å².